The van der Waals surface area contributed by atoms with E-state index in [2.05, 4.69) is 10.3 Å². The minimum Gasteiger partial charge on any atom is -0.373 e. The molecule has 29 heavy (non-hydrogen) atoms. The number of anilines is 1. The molecule has 4 amide bonds. The van der Waals surface area contributed by atoms with E-state index in [1.54, 1.807) is 24.4 Å². The first-order chi connectivity index (χ1) is 13.9. The monoisotopic (exact) mass is 395 g/mol. The average molecular weight is 395 g/mol. The zero-order chi connectivity index (χ0) is 20.7. The Bertz CT molecular complexity index is 1030. The molecule has 1 aromatic carbocycles. The first kappa shape index (κ1) is 18.9. The second-order valence-electron chi connectivity index (χ2n) is 7.27. The van der Waals surface area contributed by atoms with Gasteiger partial charge in [0.1, 0.15) is 11.9 Å². The normalized spacial score (nSPS) is 18.8. The number of fused-ring (bicyclic) bond motifs is 1. The van der Waals surface area contributed by atoms with Crippen LogP contribution in [0.4, 0.5) is 5.69 Å². The van der Waals surface area contributed by atoms with E-state index < -0.39 is 23.8 Å². The molecule has 1 N–H and O–H groups in total. The third-order valence-electron chi connectivity index (χ3n) is 5.46. The fourth-order valence-electron chi connectivity index (χ4n) is 3.72. The topological polar surface area (TPSA) is 105 Å². The van der Waals surface area contributed by atoms with Crippen molar-refractivity contribution in [2.45, 2.75) is 32.4 Å². The molecule has 4 rings (SSSR count). The minimum atomic E-state index is -0.953. The number of imidazole rings is 1. The highest BCUT2D eigenvalue weighted by Gasteiger charge is 2.44. The lowest BCUT2D eigenvalue weighted by Gasteiger charge is -2.27. The van der Waals surface area contributed by atoms with Gasteiger partial charge in [0.15, 0.2) is 0 Å². The van der Waals surface area contributed by atoms with Gasteiger partial charge in [-0.15, -0.1) is 0 Å². The van der Waals surface area contributed by atoms with Crippen LogP contribution in [0.1, 0.15) is 39.4 Å². The number of piperidine rings is 1. The van der Waals surface area contributed by atoms with Crippen LogP contribution in [0.15, 0.2) is 30.6 Å². The first-order valence-electron chi connectivity index (χ1n) is 9.41. The number of aryl methyl sites for hydroxylation is 1. The molecule has 0 saturated carbocycles. The van der Waals surface area contributed by atoms with Crippen LogP contribution in [0, 0.1) is 6.92 Å². The van der Waals surface area contributed by atoms with Crippen LogP contribution < -0.4 is 10.2 Å². The molecule has 1 aromatic heterocycles. The molecule has 150 valence electrons. The van der Waals surface area contributed by atoms with Crippen molar-refractivity contribution < 1.29 is 19.2 Å². The highest BCUT2D eigenvalue weighted by molar-refractivity contribution is 6.23. The van der Waals surface area contributed by atoms with E-state index >= 15 is 0 Å². The molecule has 0 aliphatic carbocycles. The summed E-state index contributed by atoms with van der Waals surface area (Å²) in [5.41, 5.74) is 1.36. The number of benzene rings is 1. The van der Waals surface area contributed by atoms with Gasteiger partial charge in [0.25, 0.3) is 11.8 Å². The molecule has 1 unspecified atom stereocenters. The molecule has 1 atom stereocenters. The number of carbonyl (C=O) groups excluding carboxylic acids is 4. The van der Waals surface area contributed by atoms with Crippen LogP contribution in [0.3, 0.4) is 0 Å². The summed E-state index contributed by atoms with van der Waals surface area (Å²) in [7, 11) is 1.91. The number of nitrogens with zero attached hydrogens (tertiary/aromatic N) is 4. The largest absolute Gasteiger partial charge is 0.373 e. The number of nitrogens with one attached hydrogen (secondary N) is 1. The van der Waals surface area contributed by atoms with Gasteiger partial charge in [0, 0.05) is 44.6 Å². The summed E-state index contributed by atoms with van der Waals surface area (Å²) in [5, 5.41) is 2.20. The molecule has 9 heteroatoms. The summed E-state index contributed by atoms with van der Waals surface area (Å²) >= 11 is 0. The predicted molar refractivity (Wildman–Crippen MR) is 103 cm³/mol. The summed E-state index contributed by atoms with van der Waals surface area (Å²) < 4.78 is 2.03. The number of hydrogen-bond donors (Lipinski definition) is 1. The third kappa shape index (κ3) is 3.28. The van der Waals surface area contributed by atoms with Crippen molar-refractivity contribution in [3.05, 3.63) is 47.5 Å². The fourth-order valence-corrected chi connectivity index (χ4v) is 3.72. The quantitative estimate of drug-likeness (QED) is 0.749. The highest BCUT2D eigenvalue weighted by atomic mass is 16.2. The smallest absolute Gasteiger partial charge is 0.262 e. The van der Waals surface area contributed by atoms with Gasteiger partial charge in [-0.2, -0.15) is 0 Å². The standard InChI is InChI=1S/C20H21N5O4/c1-12-21-7-8-24(12)10-9-23(2)13-3-4-14-15(11-13)20(29)25(19(14)28)16-5-6-17(26)22-18(16)27/h3-4,7-8,11,16H,5-6,9-10H2,1-2H3,(H,22,26,27). The number of imide groups is 2. The lowest BCUT2D eigenvalue weighted by atomic mass is 10.0. The maximum Gasteiger partial charge on any atom is 0.262 e. The second kappa shape index (κ2) is 7.16. The van der Waals surface area contributed by atoms with Crippen LogP contribution in [-0.4, -0.2) is 57.7 Å². The van der Waals surface area contributed by atoms with Crippen LogP contribution in [0.25, 0.3) is 0 Å². The molecule has 0 bridgehead atoms. The van der Waals surface area contributed by atoms with Gasteiger partial charge in [-0.3, -0.25) is 29.4 Å². The molecule has 0 radical (unpaired) electrons. The summed E-state index contributed by atoms with van der Waals surface area (Å²) in [6.45, 7) is 3.35. The SMILES string of the molecule is Cc1nccn1CCN(C)c1ccc2c(c1)C(=O)N(C1CCC(=O)NC1=O)C2=O. The van der Waals surface area contributed by atoms with Gasteiger partial charge in [0.05, 0.1) is 11.1 Å². The van der Waals surface area contributed by atoms with E-state index in [-0.39, 0.29) is 29.9 Å². The lowest BCUT2D eigenvalue weighted by Crippen LogP contribution is -2.54. The van der Waals surface area contributed by atoms with Gasteiger partial charge in [-0.05, 0) is 31.5 Å². The van der Waals surface area contributed by atoms with Crippen molar-refractivity contribution in [2.24, 2.45) is 0 Å². The number of likely N-dealkylation sites (N-methyl/N-ethyl adjacent to an activating group) is 1. The molecule has 3 heterocycles. The molecular weight excluding hydrogens is 374 g/mol. The lowest BCUT2D eigenvalue weighted by molar-refractivity contribution is -0.136. The predicted octanol–water partition coefficient (Wildman–Crippen LogP) is 0.729. The van der Waals surface area contributed by atoms with Crippen molar-refractivity contribution in [2.75, 3.05) is 18.5 Å². The Morgan fingerprint density at radius 2 is 1.93 bits per heavy atom. The number of rotatable bonds is 5. The minimum absolute atomic E-state index is 0.103. The second-order valence-corrected chi connectivity index (χ2v) is 7.27. The number of aromatic nitrogens is 2. The van der Waals surface area contributed by atoms with E-state index in [0.29, 0.717) is 6.54 Å². The number of amides is 4. The van der Waals surface area contributed by atoms with Crippen molar-refractivity contribution in [3.63, 3.8) is 0 Å². The van der Waals surface area contributed by atoms with Gasteiger partial charge in [-0.1, -0.05) is 0 Å². The van der Waals surface area contributed by atoms with E-state index in [1.807, 2.05) is 29.6 Å². The molecule has 1 saturated heterocycles. The maximum absolute atomic E-state index is 12.9. The molecular formula is C20H21N5O4. The van der Waals surface area contributed by atoms with Crippen LogP contribution >= 0.6 is 0 Å². The zero-order valence-electron chi connectivity index (χ0n) is 16.2. The Labute approximate surface area is 167 Å². The van der Waals surface area contributed by atoms with E-state index in [9.17, 15) is 19.2 Å². The molecule has 0 spiro atoms. The van der Waals surface area contributed by atoms with Crippen molar-refractivity contribution >= 4 is 29.3 Å². The Balaban J connectivity index is 1.53. The number of carbonyl (C=O) groups is 4. The molecule has 1 fully saturated rings. The average Bonchev–Trinajstić information content (AvgIpc) is 3.21. The molecule has 9 nitrogen and oxygen atoms in total. The maximum atomic E-state index is 12.9. The summed E-state index contributed by atoms with van der Waals surface area (Å²) in [5.74, 6) is -1.07. The Kier molecular flexibility index (Phi) is 4.65. The fraction of sp³-hybridized carbons (Fsp3) is 0.350. The summed E-state index contributed by atoms with van der Waals surface area (Å²) in [6.07, 6.45) is 3.91. The Hall–Kier alpha value is -3.49. The highest BCUT2D eigenvalue weighted by Crippen LogP contribution is 2.30. The first-order valence-corrected chi connectivity index (χ1v) is 9.41. The zero-order valence-corrected chi connectivity index (χ0v) is 16.2. The van der Waals surface area contributed by atoms with Gasteiger partial charge < -0.3 is 9.47 Å². The van der Waals surface area contributed by atoms with Crippen LogP contribution in [0.2, 0.25) is 0 Å². The van der Waals surface area contributed by atoms with Crippen LogP contribution in [0.5, 0.6) is 0 Å². The Morgan fingerprint density at radius 1 is 1.17 bits per heavy atom. The van der Waals surface area contributed by atoms with E-state index in [4.69, 9.17) is 0 Å². The summed E-state index contributed by atoms with van der Waals surface area (Å²) in [6, 6.07) is 4.14. The molecule has 2 aromatic rings. The van der Waals surface area contributed by atoms with Gasteiger partial charge in [0.2, 0.25) is 11.8 Å². The van der Waals surface area contributed by atoms with E-state index in [1.165, 1.54) is 0 Å². The van der Waals surface area contributed by atoms with E-state index in [0.717, 1.165) is 23.0 Å². The van der Waals surface area contributed by atoms with Gasteiger partial charge >= 0.3 is 0 Å². The number of hydrogen-bond acceptors (Lipinski definition) is 6. The van der Waals surface area contributed by atoms with Crippen molar-refractivity contribution in [1.29, 1.82) is 0 Å². The van der Waals surface area contributed by atoms with Gasteiger partial charge in [-0.25, -0.2) is 4.98 Å². The molecule has 2 aliphatic rings. The van der Waals surface area contributed by atoms with Crippen molar-refractivity contribution in [3.8, 4) is 0 Å². The molecule has 2 aliphatic heterocycles. The van der Waals surface area contributed by atoms with Crippen molar-refractivity contribution in [1.82, 2.24) is 19.8 Å². The third-order valence-corrected chi connectivity index (χ3v) is 5.46. The summed E-state index contributed by atoms with van der Waals surface area (Å²) in [4.78, 5) is 56.3. The Morgan fingerprint density at radius 3 is 2.62 bits per heavy atom. The van der Waals surface area contributed by atoms with Crippen LogP contribution in [-0.2, 0) is 16.1 Å².